The summed E-state index contributed by atoms with van der Waals surface area (Å²) in [5, 5.41) is 0. The number of rotatable bonds is 4. The SMILES string of the molecule is CCOC1CCN(C(=O)C2CNNC2c2ccc(F)cc2)CC1. The lowest BCUT2D eigenvalue weighted by molar-refractivity contribution is -0.138. The van der Waals surface area contributed by atoms with Crippen molar-refractivity contribution in [2.75, 3.05) is 26.2 Å². The molecule has 0 saturated carbocycles. The maximum atomic E-state index is 13.1. The number of ether oxygens (including phenoxy) is 1. The number of likely N-dealkylation sites (tertiary alicyclic amines) is 1. The van der Waals surface area contributed by atoms with Gasteiger partial charge in [-0.3, -0.25) is 10.2 Å². The summed E-state index contributed by atoms with van der Waals surface area (Å²) in [5.41, 5.74) is 7.15. The number of hydrazine groups is 1. The highest BCUT2D eigenvalue weighted by atomic mass is 19.1. The van der Waals surface area contributed by atoms with Crippen molar-refractivity contribution >= 4 is 5.91 Å². The summed E-state index contributed by atoms with van der Waals surface area (Å²) in [4.78, 5) is 14.8. The molecule has 0 radical (unpaired) electrons. The summed E-state index contributed by atoms with van der Waals surface area (Å²) in [6.45, 7) is 4.81. The second-order valence-corrected chi connectivity index (χ2v) is 6.14. The third-order valence-corrected chi connectivity index (χ3v) is 4.68. The van der Waals surface area contributed by atoms with E-state index in [9.17, 15) is 9.18 Å². The van der Waals surface area contributed by atoms with Gasteiger partial charge in [0.1, 0.15) is 5.82 Å². The number of hydrogen-bond donors (Lipinski definition) is 2. The smallest absolute Gasteiger partial charge is 0.229 e. The van der Waals surface area contributed by atoms with Gasteiger partial charge >= 0.3 is 0 Å². The van der Waals surface area contributed by atoms with E-state index in [0.717, 1.165) is 38.1 Å². The van der Waals surface area contributed by atoms with Gasteiger partial charge in [-0.25, -0.2) is 9.82 Å². The normalized spacial score (nSPS) is 25.7. The largest absolute Gasteiger partial charge is 0.378 e. The van der Waals surface area contributed by atoms with E-state index >= 15 is 0 Å². The Kier molecular flexibility index (Phi) is 5.25. The Bertz CT molecular complexity index is 529. The second-order valence-electron chi connectivity index (χ2n) is 6.14. The van der Waals surface area contributed by atoms with Crippen molar-refractivity contribution in [1.82, 2.24) is 15.8 Å². The van der Waals surface area contributed by atoms with Crippen LogP contribution in [0.1, 0.15) is 31.4 Å². The van der Waals surface area contributed by atoms with Crippen LogP contribution in [-0.2, 0) is 9.53 Å². The van der Waals surface area contributed by atoms with E-state index in [4.69, 9.17) is 4.74 Å². The molecule has 0 spiro atoms. The molecule has 2 heterocycles. The minimum atomic E-state index is -0.263. The fraction of sp³-hybridized carbons (Fsp3) is 0.588. The highest BCUT2D eigenvalue weighted by molar-refractivity contribution is 5.80. The summed E-state index contributed by atoms with van der Waals surface area (Å²) in [6.07, 6.45) is 2.07. The Labute approximate surface area is 136 Å². The molecule has 1 amide bonds. The lowest BCUT2D eigenvalue weighted by Gasteiger charge is -2.34. The number of nitrogens with zero attached hydrogens (tertiary/aromatic N) is 1. The average molecular weight is 321 g/mol. The Morgan fingerprint density at radius 3 is 2.65 bits per heavy atom. The first kappa shape index (κ1) is 16.4. The van der Waals surface area contributed by atoms with Crippen molar-refractivity contribution in [2.45, 2.75) is 31.9 Å². The molecule has 2 saturated heterocycles. The van der Waals surface area contributed by atoms with E-state index in [1.807, 2.05) is 11.8 Å². The molecule has 5 nitrogen and oxygen atoms in total. The number of amides is 1. The van der Waals surface area contributed by atoms with Crippen LogP contribution in [0, 0.1) is 11.7 Å². The third-order valence-electron chi connectivity index (χ3n) is 4.68. The van der Waals surface area contributed by atoms with Crippen molar-refractivity contribution in [1.29, 1.82) is 0 Å². The Morgan fingerprint density at radius 2 is 2.00 bits per heavy atom. The molecule has 6 heteroatoms. The summed E-state index contributed by atoms with van der Waals surface area (Å²) in [6, 6.07) is 6.23. The van der Waals surface area contributed by atoms with Gasteiger partial charge in [-0.2, -0.15) is 0 Å². The third kappa shape index (κ3) is 3.71. The number of carbonyl (C=O) groups excluding carboxylic acids is 1. The molecule has 2 unspecified atom stereocenters. The molecular formula is C17H24FN3O2. The molecule has 2 atom stereocenters. The van der Waals surface area contributed by atoms with E-state index < -0.39 is 0 Å². The van der Waals surface area contributed by atoms with Crippen LogP contribution in [0.3, 0.4) is 0 Å². The van der Waals surface area contributed by atoms with Gasteiger partial charge in [-0.05, 0) is 37.5 Å². The highest BCUT2D eigenvalue weighted by Crippen LogP contribution is 2.28. The van der Waals surface area contributed by atoms with Crippen molar-refractivity contribution in [2.24, 2.45) is 5.92 Å². The Morgan fingerprint density at radius 1 is 1.30 bits per heavy atom. The predicted octanol–water partition coefficient (Wildman–Crippen LogP) is 1.62. The number of benzene rings is 1. The van der Waals surface area contributed by atoms with Crippen molar-refractivity contribution in [3.8, 4) is 0 Å². The minimum Gasteiger partial charge on any atom is -0.378 e. The van der Waals surface area contributed by atoms with E-state index in [1.54, 1.807) is 12.1 Å². The molecule has 2 fully saturated rings. The maximum absolute atomic E-state index is 13.1. The number of nitrogens with one attached hydrogen (secondary N) is 2. The van der Waals surface area contributed by atoms with Crippen LogP contribution in [0.5, 0.6) is 0 Å². The Hall–Kier alpha value is -1.50. The highest BCUT2D eigenvalue weighted by Gasteiger charge is 2.37. The zero-order valence-electron chi connectivity index (χ0n) is 13.4. The van der Waals surface area contributed by atoms with Crippen LogP contribution in [0.25, 0.3) is 0 Å². The molecule has 0 aromatic heterocycles. The average Bonchev–Trinajstić information content (AvgIpc) is 3.05. The zero-order valence-corrected chi connectivity index (χ0v) is 13.4. The standard InChI is InChI=1S/C17H24FN3O2/c1-2-23-14-7-9-21(10-8-14)17(22)15-11-19-20-16(15)12-3-5-13(18)6-4-12/h3-6,14-16,19-20H,2,7-11H2,1H3. The van der Waals surface area contributed by atoms with E-state index in [2.05, 4.69) is 10.9 Å². The van der Waals surface area contributed by atoms with Crippen LogP contribution in [0.2, 0.25) is 0 Å². The van der Waals surface area contributed by atoms with Gasteiger partial charge in [-0.1, -0.05) is 12.1 Å². The summed E-state index contributed by atoms with van der Waals surface area (Å²) in [7, 11) is 0. The molecule has 2 aliphatic rings. The first-order chi connectivity index (χ1) is 11.2. The molecular weight excluding hydrogens is 297 g/mol. The van der Waals surface area contributed by atoms with Gasteiger partial charge < -0.3 is 9.64 Å². The Balaban J connectivity index is 1.63. The molecule has 0 aliphatic carbocycles. The molecule has 126 valence electrons. The van der Waals surface area contributed by atoms with Gasteiger partial charge in [0.25, 0.3) is 0 Å². The lowest BCUT2D eigenvalue weighted by Crippen LogP contribution is -2.45. The first-order valence-electron chi connectivity index (χ1n) is 8.33. The maximum Gasteiger partial charge on any atom is 0.229 e. The molecule has 23 heavy (non-hydrogen) atoms. The van der Waals surface area contributed by atoms with Crippen LogP contribution in [-0.4, -0.2) is 43.2 Å². The monoisotopic (exact) mass is 321 g/mol. The minimum absolute atomic E-state index is 0.118. The molecule has 2 aliphatic heterocycles. The number of piperidine rings is 1. The molecule has 1 aromatic rings. The predicted molar refractivity (Wildman–Crippen MR) is 85.0 cm³/mol. The van der Waals surface area contributed by atoms with Gasteiger partial charge in [0.05, 0.1) is 18.1 Å². The van der Waals surface area contributed by atoms with Crippen molar-refractivity contribution in [3.63, 3.8) is 0 Å². The number of carbonyl (C=O) groups is 1. The molecule has 3 rings (SSSR count). The van der Waals surface area contributed by atoms with E-state index in [1.165, 1.54) is 12.1 Å². The first-order valence-corrected chi connectivity index (χ1v) is 8.33. The fourth-order valence-electron chi connectivity index (χ4n) is 3.43. The summed E-state index contributed by atoms with van der Waals surface area (Å²) < 4.78 is 18.7. The lowest BCUT2D eigenvalue weighted by atomic mass is 9.93. The molecule has 1 aromatic carbocycles. The van der Waals surface area contributed by atoms with Crippen LogP contribution in [0.15, 0.2) is 24.3 Å². The van der Waals surface area contributed by atoms with Gasteiger partial charge in [0.2, 0.25) is 5.91 Å². The summed E-state index contributed by atoms with van der Waals surface area (Å²) in [5.74, 6) is -0.267. The number of halogens is 1. The van der Waals surface area contributed by atoms with Gasteiger partial charge in [-0.15, -0.1) is 0 Å². The van der Waals surface area contributed by atoms with E-state index in [0.29, 0.717) is 6.54 Å². The van der Waals surface area contributed by atoms with Crippen LogP contribution < -0.4 is 10.9 Å². The molecule has 0 bridgehead atoms. The second kappa shape index (κ2) is 7.38. The van der Waals surface area contributed by atoms with E-state index in [-0.39, 0.29) is 29.8 Å². The van der Waals surface area contributed by atoms with Gasteiger partial charge in [0, 0.05) is 26.2 Å². The van der Waals surface area contributed by atoms with Crippen molar-refractivity contribution in [3.05, 3.63) is 35.6 Å². The molecule has 2 N–H and O–H groups in total. The summed E-state index contributed by atoms with van der Waals surface area (Å²) >= 11 is 0. The topological polar surface area (TPSA) is 53.6 Å². The van der Waals surface area contributed by atoms with Crippen LogP contribution >= 0.6 is 0 Å². The van der Waals surface area contributed by atoms with Crippen LogP contribution in [0.4, 0.5) is 4.39 Å². The zero-order chi connectivity index (χ0) is 16.2. The number of hydrogen-bond acceptors (Lipinski definition) is 4. The quantitative estimate of drug-likeness (QED) is 0.885. The van der Waals surface area contributed by atoms with Gasteiger partial charge in [0.15, 0.2) is 0 Å². The fourth-order valence-corrected chi connectivity index (χ4v) is 3.43. The van der Waals surface area contributed by atoms with Crippen molar-refractivity contribution < 1.29 is 13.9 Å².